The molecule has 0 spiro atoms. The molecule has 1 amide bonds. The summed E-state index contributed by atoms with van der Waals surface area (Å²) in [7, 11) is -0.798. The number of nitrogens with one attached hydrogen (secondary N) is 1. The number of anilines is 2. The number of carbonyl (C=O) groups excluding carboxylic acids is 1. The van der Waals surface area contributed by atoms with Crippen LogP contribution in [0.2, 0.25) is 5.02 Å². The minimum Gasteiger partial charge on any atom is -0.497 e. The fourth-order valence-corrected chi connectivity index (χ4v) is 3.97. The number of hydrogen-bond donors (Lipinski definition) is 1. The summed E-state index contributed by atoms with van der Waals surface area (Å²) >= 11 is 5.88. The second-order valence-corrected chi connectivity index (χ2v) is 8.57. The number of nitrogens with zero attached hydrogens (tertiary/aromatic N) is 1. The normalized spacial score (nSPS) is 10.9. The SMILES string of the molecule is COc1ccc(S(=O)(=O)N(C)c2ccc(OC(=O)Nc3cccc(Cl)c3)cc2)cc1. The lowest BCUT2D eigenvalue weighted by atomic mass is 10.3. The Balaban J connectivity index is 1.68. The average molecular weight is 447 g/mol. The molecule has 3 rings (SSSR count). The molecule has 156 valence electrons. The van der Waals surface area contributed by atoms with Crippen LogP contribution in [0.15, 0.2) is 77.7 Å². The topological polar surface area (TPSA) is 84.9 Å². The minimum absolute atomic E-state index is 0.132. The largest absolute Gasteiger partial charge is 0.497 e. The van der Waals surface area contributed by atoms with E-state index in [2.05, 4.69) is 5.32 Å². The van der Waals surface area contributed by atoms with E-state index in [1.807, 2.05) is 0 Å². The number of methoxy groups -OCH3 is 1. The molecule has 0 aliphatic carbocycles. The van der Waals surface area contributed by atoms with Crippen LogP contribution in [-0.4, -0.2) is 28.7 Å². The Morgan fingerprint density at radius 1 is 0.967 bits per heavy atom. The van der Waals surface area contributed by atoms with Gasteiger partial charge in [0.1, 0.15) is 11.5 Å². The van der Waals surface area contributed by atoms with Gasteiger partial charge in [-0.3, -0.25) is 9.62 Å². The smallest absolute Gasteiger partial charge is 0.417 e. The number of rotatable bonds is 6. The van der Waals surface area contributed by atoms with Gasteiger partial charge >= 0.3 is 6.09 Å². The maximum atomic E-state index is 12.8. The van der Waals surface area contributed by atoms with Gasteiger partial charge in [0.2, 0.25) is 0 Å². The molecule has 0 aliphatic heterocycles. The number of hydrogen-bond acceptors (Lipinski definition) is 5. The lowest BCUT2D eigenvalue weighted by Gasteiger charge is -2.20. The number of benzene rings is 3. The predicted molar refractivity (Wildman–Crippen MR) is 116 cm³/mol. The van der Waals surface area contributed by atoms with Crippen LogP contribution in [0.3, 0.4) is 0 Å². The van der Waals surface area contributed by atoms with Crippen LogP contribution in [0.5, 0.6) is 11.5 Å². The molecule has 0 saturated carbocycles. The Hall–Kier alpha value is -3.23. The molecule has 0 heterocycles. The van der Waals surface area contributed by atoms with Gasteiger partial charge in [-0.25, -0.2) is 13.2 Å². The van der Waals surface area contributed by atoms with Crippen LogP contribution in [0.25, 0.3) is 0 Å². The molecule has 9 heteroatoms. The molecule has 0 fully saturated rings. The Bertz CT molecular complexity index is 1130. The van der Waals surface area contributed by atoms with Crippen LogP contribution in [0, 0.1) is 0 Å². The third kappa shape index (κ3) is 5.03. The summed E-state index contributed by atoms with van der Waals surface area (Å²) in [5, 5.41) is 3.05. The number of carbonyl (C=O) groups is 1. The molecule has 0 aromatic heterocycles. The van der Waals surface area contributed by atoms with Crippen molar-refractivity contribution in [3.8, 4) is 11.5 Å². The second-order valence-electron chi connectivity index (χ2n) is 6.17. The molecule has 3 aromatic carbocycles. The van der Waals surface area contributed by atoms with Crippen LogP contribution >= 0.6 is 11.6 Å². The van der Waals surface area contributed by atoms with Crippen molar-refractivity contribution in [2.24, 2.45) is 0 Å². The summed E-state index contributed by atoms with van der Waals surface area (Å²) < 4.78 is 37.0. The van der Waals surface area contributed by atoms with Crippen LogP contribution in [0.4, 0.5) is 16.2 Å². The number of sulfonamides is 1. The molecule has 0 atom stereocenters. The summed E-state index contributed by atoms with van der Waals surface area (Å²) in [5.74, 6) is 0.822. The molecule has 0 saturated heterocycles. The Morgan fingerprint density at radius 2 is 1.60 bits per heavy atom. The van der Waals surface area contributed by atoms with Gasteiger partial charge in [-0.2, -0.15) is 0 Å². The predicted octanol–water partition coefficient (Wildman–Crippen LogP) is 4.78. The van der Waals surface area contributed by atoms with E-state index < -0.39 is 16.1 Å². The van der Waals surface area contributed by atoms with Crippen molar-refractivity contribution in [2.75, 3.05) is 23.8 Å². The minimum atomic E-state index is -3.75. The summed E-state index contributed by atoms with van der Waals surface area (Å²) in [5.41, 5.74) is 0.905. The first kappa shape index (κ1) is 21.5. The summed E-state index contributed by atoms with van der Waals surface area (Å²) in [6.07, 6.45) is -0.691. The first-order valence-corrected chi connectivity index (χ1v) is 10.6. The van der Waals surface area contributed by atoms with Crippen molar-refractivity contribution in [3.05, 3.63) is 77.8 Å². The van der Waals surface area contributed by atoms with Crippen molar-refractivity contribution >= 4 is 39.1 Å². The summed E-state index contributed by atoms with van der Waals surface area (Å²) in [6, 6.07) is 18.9. The van der Waals surface area contributed by atoms with Gasteiger partial charge in [-0.15, -0.1) is 0 Å². The second kappa shape index (κ2) is 9.06. The molecule has 1 N–H and O–H groups in total. The van der Waals surface area contributed by atoms with Crippen LogP contribution < -0.4 is 19.1 Å². The highest BCUT2D eigenvalue weighted by Crippen LogP contribution is 2.26. The fourth-order valence-electron chi connectivity index (χ4n) is 2.59. The molecule has 7 nitrogen and oxygen atoms in total. The Morgan fingerprint density at radius 3 is 2.20 bits per heavy atom. The standard InChI is InChI=1S/C21H19ClN2O5S/c1-24(30(26,27)20-12-10-18(28-2)11-13-20)17-6-8-19(9-7-17)29-21(25)23-16-5-3-4-15(22)14-16/h3-14H,1-2H3,(H,23,25). The molecule has 0 unspecified atom stereocenters. The first-order chi connectivity index (χ1) is 14.3. The van der Waals surface area contributed by atoms with E-state index in [9.17, 15) is 13.2 Å². The molecular weight excluding hydrogens is 428 g/mol. The number of amides is 1. The fraction of sp³-hybridized carbons (Fsp3) is 0.0952. The van der Waals surface area contributed by atoms with E-state index >= 15 is 0 Å². The highest BCUT2D eigenvalue weighted by molar-refractivity contribution is 7.92. The van der Waals surface area contributed by atoms with Crippen molar-refractivity contribution in [1.82, 2.24) is 0 Å². The monoisotopic (exact) mass is 446 g/mol. The van der Waals surface area contributed by atoms with Crippen molar-refractivity contribution < 1.29 is 22.7 Å². The third-order valence-corrected chi connectivity index (χ3v) is 6.23. The van der Waals surface area contributed by atoms with E-state index in [0.717, 1.165) is 4.31 Å². The van der Waals surface area contributed by atoms with Gasteiger partial charge in [-0.1, -0.05) is 17.7 Å². The van der Waals surface area contributed by atoms with Crippen molar-refractivity contribution in [3.63, 3.8) is 0 Å². The molecule has 0 radical (unpaired) electrons. The molecule has 0 bridgehead atoms. The van der Waals surface area contributed by atoms with E-state index in [-0.39, 0.29) is 10.6 Å². The average Bonchev–Trinajstić information content (AvgIpc) is 2.73. The van der Waals surface area contributed by atoms with Crippen LogP contribution in [0.1, 0.15) is 0 Å². The zero-order valence-corrected chi connectivity index (χ0v) is 17.8. The number of halogens is 1. The highest BCUT2D eigenvalue weighted by atomic mass is 35.5. The maximum Gasteiger partial charge on any atom is 0.417 e. The Labute approximate surface area is 179 Å². The molecule has 30 heavy (non-hydrogen) atoms. The zero-order chi connectivity index (χ0) is 21.7. The van der Waals surface area contributed by atoms with Gasteiger partial charge in [0, 0.05) is 17.8 Å². The van der Waals surface area contributed by atoms with Crippen LogP contribution in [-0.2, 0) is 10.0 Å². The van der Waals surface area contributed by atoms with Crippen molar-refractivity contribution in [1.29, 1.82) is 0 Å². The summed E-state index contributed by atoms with van der Waals surface area (Å²) in [6.45, 7) is 0. The van der Waals surface area contributed by atoms with Gasteiger partial charge in [-0.05, 0) is 66.7 Å². The van der Waals surface area contributed by atoms with E-state index in [0.29, 0.717) is 22.1 Å². The van der Waals surface area contributed by atoms with Gasteiger partial charge in [0.05, 0.1) is 17.7 Å². The van der Waals surface area contributed by atoms with Gasteiger partial charge in [0.15, 0.2) is 0 Å². The lowest BCUT2D eigenvalue weighted by molar-refractivity contribution is 0.215. The lowest BCUT2D eigenvalue weighted by Crippen LogP contribution is -2.26. The molecular formula is C21H19ClN2O5S. The van der Waals surface area contributed by atoms with Gasteiger partial charge < -0.3 is 9.47 Å². The maximum absolute atomic E-state index is 12.8. The molecule has 3 aromatic rings. The van der Waals surface area contributed by atoms with Crippen molar-refractivity contribution in [2.45, 2.75) is 4.90 Å². The van der Waals surface area contributed by atoms with E-state index in [1.54, 1.807) is 48.5 Å². The van der Waals surface area contributed by atoms with Gasteiger partial charge in [0.25, 0.3) is 10.0 Å². The zero-order valence-electron chi connectivity index (χ0n) is 16.2. The number of ether oxygens (including phenoxy) is 2. The van der Waals surface area contributed by atoms with E-state index in [4.69, 9.17) is 21.1 Å². The third-order valence-electron chi connectivity index (χ3n) is 4.20. The quantitative estimate of drug-likeness (QED) is 0.588. The Kier molecular flexibility index (Phi) is 6.49. The van der Waals surface area contributed by atoms with E-state index in [1.165, 1.54) is 38.4 Å². The highest BCUT2D eigenvalue weighted by Gasteiger charge is 2.21. The first-order valence-electron chi connectivity index (χ1n) is 8.77. The summed E-state index contributed by atoms with van der Waals surface area (Å²) in [4.78, 5) is 12.1. The molecule has 0 aliphatic rings.